The molecule has 4 heteroatoms. The summed E-state index contributed by atoms with van der Waals surface area (Å²) in [5, 5.41) is 9.16. The summed E-state index contributed by atoms with van der Waals surface area (Å²) in [6.07, 6.45) is 3.65. The molecule has 1 fully saturated rings. The van der Waals surface area contributed by atoms with E-state index >= 15 is 0 Å². The molecule has 1 aliphatic rings. The largest absolute Gasteiger partial charge is 0.396 e. The number of rotatable bonds is 2. The fourth-order valence-corrected chi connectivity index (χ4v) is 2.26. The lowest BCUT2D eigenvalue weighted by Crippen LogP contribution is -2.40. The maximum atomic E-state index is 12.2. The SMILES string of the molecule is Cc1cc(C(=O)N2CCCC(CO)C2)ccn1. The summed E-state index contributed by atoms with van der Waals surface area (Å²) in [6, 6.07) is 3.56. The first-order valence-electron chi connectivity index (χ1n) is 6.03. The first-order chi connectivity index (χ1) is 8.20. The van der Waals surface area contributed by atoms with Gasteiger partial charge in [0.2, 0.25) is 0 Å². The van der Waals surface area contributed by atoms with Crippen molar-refractivity contribution in [1.29, 1.82) is 0 Å². The summed E-state index contributed by atoms with van der Waals surface area (Å²) in [5.74, 6) is 0.282. The highest BCUT2D eigenvalue weighted by Crippen LogP contribution is 2.18. The molecule has 1 aromatic rings. The zero-order chi connectivity index (χ0) is 12.3. The lowest BCUT2D eigenvalue weighted by atomic mass is 9.98. The lowest BCUT2D eigenvalue weighted by molar-refractivity contribution is 0.0620. The predicted octanol–water partition coefficient (Wildman–Crippen LogP) is 1.23. The molecule has 4 nitrogen and oxygen atoms in total. The van der Waals surface area contributed by atoms with Gasteiger partial charge in [-0.15, -0.1) is 0 Å². The van der Waals surface area contributed by atoms with Crippen LogP contribution in [0.25, 0.3) is 0 Å². The topological polar surface area (TPSA) is 53.4 Å². The van der Waals surface area contributed by atoms with E-state index in [0.29, 0.717) is 12.1 Å². The van der Waals surface area contributed by atoms with Gasteiger partial charge in [0.1, 0.15) is 0 Å². The minimum atomic E-state index is 0.0497. The normalized spacial score (nSPS) is 20.4. The molecule has 17 heavy (non-hydrogen) atoms. The number of hydrogen-bond donors (Lipinski definition) is 1. The monoisotopic (exact) mass is 234 g/mol. The van der Waals surface area contributed by atoms with Gasteiger partial charge < -0.3 is 10.0 Å². The highest BCUT2D eigenvalue weighted by molar-refractivity contribution is 5.94. The Kier molecular flexibility index (Phi) is 3.74. The molecular weight excluding hydrogens is 216 g/mol. The van der Waals surface area contributed by atoms with Crippen LogP contribution in [0, 0.1) is 12.8 Å². The zero-order valence-electron chi connectivity index (χ0n) is 10.1. The van der Waals surface area contributed by atoms with Crippen LogP contribution in [0.15, 0.2) is 18.3 Å². The van der Waals surface area contributed by atoms with Crippen LogP contribution in [-0.4, -0.2) is 40.6 Å². The molecule has 1 atom stereocenters. The summed E-state index contributed by atoms with van der Waals surface area (Å²) < 4.78 is 0. The Hall–Kier alpha value is -1.42. The van der Waals surface area contributed by atoms with Gasteiger partial charge in [0.15, 0.2) is 0 Å². The number of nitrogens with zero attached hydrogens (tertiary/aromatic N) is 2. The third-order valence-electron chi connectivity index (χ3n) is 3.21. The summed E-state index contributed by atoms with van der Waals surface area (Å²) in [4.78, 5) is 18.2. The molecule has 0 bridgehead atoms. The number of aliphatic hydroxyl groups is 1. The first-order valence-corrected chi connectivity index (χ1v) is 6.03. The van der Waals surface area contributed by atoms with E-state index in [2.05, 4.69) is 4.98 Å². The summed E-state index contributed by atoms with van der Waals surface area (Å²) >= 11 is 0. The molecule has 0 radical (unpaired) electrons. The Morgan fingerprint density at radius 2 is 2.47 bits per heavy atom. The molecule has 1 aliphatic heterocycles. The van der Waals surface area contributed by atoms with E-state index in [9.17, 15) is 4.79 Å². The van der Waals surface area contributed by atoms with E-state index in [0.717, 1.165) is 25.1 Å². The van der Waals surface area contributed by atoms with E-state index in [1.54, 1.807) is 12.3 Å². The number of likely N-dealkylation sites (tertiary alicyclic amines) is 1. The van der Waals surface area contributed by atoms with Crippen LogP contribution in [-0.2, 0) is 0 Å². The Morgan fingerprint density at radius 3 is 3.18 bits per heavy atom. The van der Waals surface area contributed by atoms with Crippen molar-refractivity contribution in [2.75, 3.05) is 19.7 Å². The molecule has 1 N–H and O–H groups in total. The Bertz CT molecular complexity index is 406. The summed E-state index contributed by atoms with van der Waals surface area (Å²) in [7, 11) is 0. The van der Waals surface area contributed by atoms with Crippen LogP contribution >= 0.6 is 0 Å². The average Bonchev–Trinajstić information content (AvgIpc) is 2.38. The van der Waals surface area contributed by atoms with E-state index < -0.39 is 0 Å². The fraction of sp³-hybridized carbons (Fsp3) is 0.538. The standard InChI is InChI=1S/C13H18N2O2/c1-10-7-12(4-5-14-10)13(17)15-6-2-3-11(8-15)9-16/h4-5,7,11,16H,2-3,6,8-9H2,1H3. The fourth-order valence-electron chi connectivity index (χ4n) is 2.26. The molecule has 0 saturated carbocycles. The van der Waals surface area contributed by atoms with E-state index in [1.807, 2.05) is 17.9 Å². The molecule has 1 amide bonds. The quantitative estimate of drug-likeness (QED) is 0.837. The smallest absolute Gasteiger partial charge is 0.253 e. The summed E-state index contributed by atoms with van der Waals surface area (Å²) in [6.45, 7) is 3.50. The van der Waals surface area contributed by atoms with Crippen LogP contribution in [0.4, 0.5) is 0 Å². The van der Waals surface area contributed by atoms with Crippen LogP contribution in [0.2, 0.25) is 0 Å². The van der Waals surface area contributed by atoms with Crippen LogP contribution < -0.4 is 0 Å². The molecular formula is C13H18N2O2. The third-order valence-corrected chi connectivity index (χ3v) is 3.21. The lowest BCUT2D eigenvalue weighted by Gasteiger charge is -2.31. The maximum absolute atomic E-state index is 12.2. The number of piperidine rings is 1. The van der Waals surface area contributed by atoms with Crippen molar-refractivity contribution < 1.29 is 9.90 Å². The maximum Gasteiger partial charge on any atom is 0.253 e. The Labute approximate surface area is 101 Å². The third kappa shape index (κ3) is 2.82. The number of pyridine rings is 1. The summed E-state index contributed by atoms with van der Waals surface area (Å²) in [5.41, 5.74) is 1.54. The van der Waals surface area contributed by atoms with Gasteiger partial charge >= 0.3 is 0 Å². The second kappa shape index (κ2) is 5.27. The molecule has 0 aliphatic carbocycles. The van der Waals surface area contributed by atoms with Crippen molar-refractivity contribution in [2.24, 2.45) is 5.92 Å². The van der Waals surface area contributed by atoms with Gasteiger partial charge in [-0.05, 0) is 37.8 Å². The first kappa shape index (κ1) is 12.0. The van der Waals surface area contributed by atoms with Crippen molar-refractivity contribution in [1.82, 2.24) is 9.88 Å². The number of carbonyl (C=O) groups excluding carboxylic acids is 1. The number of aromatic nitrogens is 1. The van der Waals surface area contributed by atoms with Crippen molar-refractivity contribution >= 4 is 5.91 Å². The van der Waals surface area contributed by atoms with Gasteiger partial charge in [-0.2, -0.15) is 0 Å². The average molecular weight is 234 g/mol. The van der Waals surface area contributed by atoms with Crippen LogP contribution in [0.5, 0.6) is 0 Å². The predicted molar refractivity (Wildman–Crippen MR) is 64.7 cm³/mol. The highest BCUT2D eigenvalue weighted by atomic mass is 16.3. The van der Waals surface area contributed by atoms with Gasteiger partial charge in [-0.3, -0.25) is 9.78 Å². The molecule has 1 saturated heterocycles. The van der Waals surface area contributed by atoms with Gasteiger partial charge in [0.05, 0.1) is 0 Å². The zero-order valence-corrected chi connectivity index (χ0v) is 10.1. The van der Waals surface area contributed by atoms with Crippen molar-refractivity contribution in [3.63, 3.8) is 0 Å². The van der Waals surface area contributed by atoms with Gasteiger partial charge in [-0.25, -0.2) is 0 Å². The number of hydrogen-bond acceptors (Lipinski definition) is 3. The van der Waals surface area contributed by atoms with Crippen molar-refractivity contribution in [3.05, 3.63) is 29.6 Å². The highest BCUT2D eigenvalue weighted by Gasteiger charge is 2.23. The number of amides is 1. The van der Waals surface area contributed by atoms with E-state index in [4.69, 9.17) is 5.11 Å². The Morgan fingerprint density at radius 1 is 1.65 bits per heavy atom. The van der Waals surface area contributed by atoms with Crippen molar-refractivity contribution in [3.8, 4) is 0 Å². The minimum Gasteiger partial charge on any atom is -0.396 e. The van der Waals surface area contributed by atoms with Gasteiger partial charge in [0, 0.05) is 37.2 Å². The molecule has 0 aromatic carbocycles. The number of aliphatic hydroxyl groups excluding tert-OH is 1. The molecule has 92 valence electrons. The van der Waals surface area contributed by atoms with E-state index in [-0.39, 0.29) is 18.4 Å². The Balaban J connectivity index is 2.09. The van der Waals surface area contributed by atoms with Crippen LogP contribution in [0.1, 0.15) is 28.9 Å². The molecule has 1 aromatic heterocycles. The van der Waals surface area contributed by atoms with Crippen molar-refractivity contribution in [2.45, 2.75) is 19.8 Å². The van der Waals surface area contributed by atoms with Crippen LogP contribution in [0.3, 0.4) is 0 Å². The molecule has 2 heterocycles. The molecule has 0 spiro atoms. The minimum absolute atomic E-state index is 0.0497. The second-order valence-electron chi connectivity index (χ2n) is 4.63. The molecule has 1 unspecified atom stereocenters. The number of aryl methyl sites for hydroxylation is 1. The number of carbonyl (C=O) groups is 1. The van der Waals surface area contributed by atoms with Gasteiger partial charge in [0.25, 0.3) is 5.91 Å². The van der Waals surface area contributed by atoms with Gasteiger partial charge in [-0.1, -0.05) is 0 Å². The second-order valence-corrected chi connectivity index (χ2v) is 4.63. The molecule has 2 rings (SSSR count). The van der Waals surface area contributed by atoms with E-state index in [1.165, 1.54) is 0 Å².